The molecule has 128 valence electrons. The van der Waals surface area contributed by atoms with E-state index in [9.17, 15) is 9.59 Å². The van der Waals surface area contributed by atoms with Crippen LogP contribution in [0, 0.1) is 5.92 Å². The Morgan fingerprint density at radius 3 is 2.46 bits per heavy atom. The number of nitrogens with one attached hydrogen (secondary N) is 2. The number of amides is 3. The molecule has 0 unspecified atom stereocenters. The highest BCUT2D eigenvalue weighted by atomic mass is 16.2. The van der Waals surface area contributed by atoms with Gasteiger partial charge in [0, 0.05) is 25.7 Å². The van der Waals surface area contributed by atoms with Gasteiger partial charge >= 0.3 is 6.03 Å². The molecule has 3 amide bonds. The van der Waals surface area contributed by atoms with Crippen LogP contribution in [0.4, 0.5) is 4.79 Å². The van der Waals surface area contributed by atoms with Gasteiger partial charge in [0.05, 0.1) is 5.92 Å². The van der Waals surface area contributed by atoms with E-state index in [1.165, 1.54) is 5.57 Å². The minimum absolute atomic E-state index is 0.00616. The number of likely N-dealkylation sites (tertiary alicyclic amines) is 1. The molecule has 0 aromatic heterocycles. The molecule has 0 saturated carbocycles. The number of carbonyl (C=O) groups excluding carboxylic acids is 2. The molecular weight excluding hydrogens is 302 g/mol. The van der Waals surface area contributed by atoms with Gasteiger partial charge in [-0.1, -0.05) is 35.9 Å². The molecule has 1 fully saturated rings. The van der Waals surface area contributed by atoms with Crippen molar-refractivity contribution in [3.8, 4) is 0 Å². The van der Waals surface area contributed by atoms with Crippen molar-refractivity contribution in [1.29, 1.82) is 0 Å². The zero-order valence-electron chi connectivity index (χ0n) is 14.3. The van der Waals surface area contributed by atoms with Gasteiger partial charge in [0.15, 0.2) is 0 Å². The number of hydrogen-bond acceptors (Lipinski definition) is 2. The summed E-state index contributed by atoms with van der Waals surface area (Å²) in [5.41, 5.74) is 3.47. The molecule has 3 rings (SSSR count). The van der Waals surface area contributed by atoms with Gasteiger partial charge in [-0.25, -0.2) is 4.79 Å². The van der Waals surface area contributed by atoms with E-state index in [0.717, 1.165) is 24.0 Å². The van der Waals surface area contributed by atoms with Gasteiger partial charge in [0.1, 0.15) is 0 Å². The first-order chi connectivity index (χ1) is 11.6. The Morgan fingerprint density at radius 2 is 1.83 bits per heavy atom. The summed E-state index contributed by atoms with van der Waals surface area (Å²) in [4.78, 5) is 26.2. The number of hydrogen-bond donors (Lipinski definition) is 2. The van der Waals surface area contributed by atoms with Crippen LogP contribution >= 0.6 is 0 Å². The van der Waals surface area contributed by atoms with Crippen molar-refractivity contribution in [2.75, 3.05) is 19.6 Å². The second kappa shape index (κ2) is 7.07. The summed E-state index contributed by atoms with van der Waals surface area (Å²) < 4.78 is 0. The van der Waals surface area contributed by atoms with E-state index in [4.69, 9.17) is 0 Å². The zero-order chi connectivity index (χ0) is 17.1. The molecule has 1 aliphatic heterocycles. The minimum atomic E-state index is -0.0752. The van der Waals surface area contributed by atoms with E-state index in [-0.39, 0.29) is 23.9 Å². The fraction of sp³-hybridized carbons (Fsp3) is 0.474. The fourth-order valence-corrected chi connectivity index (χ4v) is 3.44. The molecule has 2 aliphatic rings. The van der Waals surface area contributed by atoms with Crippen molar-refractivity contribution in [1.82, 2.24) is 15.5 Å². The predicted molar refractivity (Wildman–Crippen MR) is 94.3 cm³/mol. The van der Waals surface area contributed by atoms with Crippen LogP contribution in [0.15, 0.2) is 35.9 Å². The van der Waals surface area contributed by atoms with Crippen LogP contribution in [0.1, 0.15) is 32.3 Å². The summed E-state index contributed by atoms with van der Waals surface area (Å²) in [5, 5.41) is 5.99. The second-order valence-electron chi connectivity index (χ2n) is 6.50. The zero-order valence-corrected chi connectivity index (χ0v) is 14.3. The van der Waals surface area contributed by atoms with Crippen molar-refractivity contribution in [3.63, 3.8) is 0 Å². The summed E-state index contributed by atoms with van der Waals surface area (Å²) in [6.45, 7) is 5.98. The molecule has 1 aliphatic carbocycles. The Labute approximate surface area is 143 Å². The molecule has 1 aromatic carbocycles. The molecule has 1 aromatic rings. The number of piperidine rings is 1. The van der Waals surface area contributed by atoms with Crippen molar-refractivity contribution < 1.29 is 9.59 Å². The Balaban J connectivity index is 1.48. The Hall–Kier alpha value is -2.30. The Morgan fingerprint density at radius 1 is 1.17 bits per heavy atom. The number of carbonyl (C=O) groups is 2. The standard InChI is InChI=1S/C19H25N3O2/c1-3-20-19(24)22-11-9-15(10-12-22)21-18(23)17-13(2)16(17)14-7-5-4-6-8-14/h4-8,15,17H,3,9-12H2,1-2H3,(H,20,24)(H,21,23)/t17-/m0/s1. The lowest BCUT2D eigenvalue weighted by Crippen LogP contribution is -2.49. The van der Waals surface area contributed by atoms with E-state index in [2.05, 4.69) is 22.8 Å². The van der Waals surface area contributed by atoms with Crippen molar-refractivity contribution in [3.05, 3.63) is 41.5 Å². The number of benzene rings is 1. The molecule has 1 heterocycles. The highest BCUT2D eigenvalue weighted by molar-refractivity contribution is 6.05. The molecule has 2 N–H and O–H groups in total. The Kier molecular flexibility index (Phi) is 4.88. The summed E-state index contributed by atoms with van der Waals surface area (Å²) in [6, 6.07) is 10.2. The number of rotatable bonds is 4. The first kappa shape index (κ1) is 16.6. The molecule has 5 nitrogen and oxygen atoms in total. The highest BCUT2D eigenvalue weighted by Gasteiger charge is 2.40. The number of urea groups is 1. The third kappa shape index (κ3) is 3.45. The molecule has 0 spiro atoms. The van der Waals surface area contributed by atoms with Crippen LogP contribution in [0.3, 0.4) is 0 Å². The third-order valence-corrected chi connectivity index (χ3v) is 4.87. The lowest BCUT2D eigenvalue weighted by Gasteiger charge is -2.32. The molecule has 0 bridgehead atoms. The molecule has 1 atom stereocenters. The van der Waals surface area contributed by atoms with E-state index in [1.807, 2.05) is 36.9 Å². The van der Waals surface area contributed by atoms with E-state index < -0.39 is 0 Å². The summed E-state index contributed by atoms with van der Waals surface area (Å²) in [7, 11) is 0. The van der Waals surface area contributed by atoms with Gasteiger partial charge in [0.25, 0.3) is 0 Å². The molecule has 5 heteroatoms. The quantitative estimate of drug-likeness (QED) is 0.892. The third-order valence-electron chi connectivity index (χ3n) is 4.87. The molecule has 1 saturated heterocycles. The van der Waals surface area contributed by atoms with Crippen LogP contribution in [0.25, 0.3) is 5.57 Å². The van der Waals surface area contributed by atoms with Gasteiger partial charge in [-0.3, -0.25) is 4.79 Å². The lowest BCUT2D eigenvalue weighted by molar-refractivity contribution is -0.122. The summed E-state index contributed by atoms with van der Waals surface area (Å²) in [5.74, 6) is 0.0247. The monoisotopic (exact) mass is 327 g/mol. The van der Waals surface area contributed by atoms with Gasteiger partial charge in [0.2, 0.25) is 5.91 Å². The predicted octanol–water partition coefficient (Wildman–Crippen LogP) is 2.40. The van der Waals surface area contributed by atoms with Gasteiger partial charge in [-0.2, -0.15) is 0 Å². The summed E-state index contributed by atoms with van der Waals surface area (Å²) >= 11 is 0. The van der Waals surface area contributed by atoms with Gasteiger partial charge in [-0.15, -0.1) is 0 Å². The van der Waals surface area contributed by atoms with Crippen LogP contribution < -0.4 is 10.6 Å². The molecule has 24 heavy (non-hydrogen) atoms. The topological polar surface area (TPSA) is 61.4 Å². The van der Waals surface area contributed by atoms with Crippen molar-refractivity contribution in [2.45, 2.75) is 32.7 Å². The lowest BCUT2D eigenvalue weighted by atomic mass is 10.0. The second-order valence-corrected chi connectivity index (χ2v) is 6.50. The van der Waals surface area contributed by atoms with Crippen molar-refractivity contribution in [2.24, 2.45) is 5.92 Å². The van der Waals surface area contributed by atoms with Gasteiger partial charge < -0.3 is 15.5 Å². The molecule has 0 radical (unpaired) electrons. The highest BCUT2D eigenvalue weighted by Crippen LogP contribution is 2.46. The normalized spacial score (nSPS) is 20.8. The maximum absolute atomic E-state index is 12.5. The Bertz CT molecular complexity index is 646. The van der Waals surface area contributed by atoms with Crippen molar-refractivity contribution >= 4 is 17.5 Å². The van der Waals surface area contributed by atoms with E-state index in [1.54, 1.807) is 0 Å². The smallest absolute Gasteiger partial charge is 0.317 e. The van der Waals surface area contributed by atoms with Gasteiger partial charge in [-0.05, 0) is 37.8 Å². The van der Waals surface area contributed by atoms with E-state index in [0.29, 0.717) is 19.6 Å². The average Bonchev–Trinajstić information content (AvgIpc) is 3.28. The maximum atomic E-state index is 12.5. The average molecular weight is 327 g/mol. The largest absolute Gasteiger partial charge is 0.352 e. The van der Waals surface area contributed by atoms with E-state index >= 15 is 0 Å². The van der Waals surface area contributed by atoms with Crippen LogP contribution in [-0.2, 0) is 4.79 Å². The number of nitrogens with zero attached hydrogens (tertiary/aromatic N) is 1. The minimum Gasteiger partial charge on any atom is -0.352 e. The molecular formula is C19H25N3O2. The first-order valence-electron chi connectivity index (χ1n) is 8.71. The SMILES string of the molecule is CCNC(=O)N1CCC(NC(=O)[C@H]2C(C)=C2c2ccccc2)CC1. The first-order valence-corrected chi connectivity index (χ1v) is 8.71. The van der Waals surface area contributed by atoms with Crippen LogP contribution in [-0.4, -0.2) is 42.5 Å². The van der Waals surface area contributed by atoms with Crippen LogP contribution in [0.5, 0.6) is 0 Å². The summed E-state index contributed by atoms with van der Waals surface area (Å²) in [6.07, 6.45) is 1.63. The van der Waals surface area contributed by atoms with Crippen LogP contribution in [0.2, 0.25) is 0 Å². The fourth-order valence-electron chi connectivity index (χ4n) is 3.44. The maximum Gasteiger partial charge on any atom is 0.317 e.